The minimum atomic E-state index is -1.05. The summed E-state index contributed by atoms with van der Waals surface area (Å²) in [6.45, 7) is 22.7. The highest BCUT2D eigenvalue weighted by Crippen LogP contribution is 2.28. The molecule has 3 aromatic rings. The molecule has 0 aliphatic rings. The Morgan fingerprint density at radius 2 is 1.27 bits per heavy atom. The number of methoxy groups -OCH3 is 2. The van der Waals surface area contributed by atoms with Gasteiger partial charge in [-0.3, -0.25) is 9.59 Å². The summed E-state index contributed by atoms with van der Waals surface area (Å²) in [6.07, 6.45) is 0. The van der Waals surface area contributed by atoms with E-state index in [4.69, 9.17) is 14.6 Å². The van der Waals surface area contributed by atoms with Crippen LogP contribution in [0.2, 0.25) is 0 Å². The molecule has 3 N–H and O–H groups in total. The van der Waals surface area contributed by atoms with Crippen LogP contribution in [0.1, 0.15) is 123 Å². The first-order chi connectivity index (χ1) is 25.2. The second-order valence-electron chi connectivity index (χ2n) is 17.0. The maximum Gasteiger partial charge on any atom is 0.330 e. The number of halogens is 3. The number of ether oxygens (including phenoxy) is 3. The number of carbonyl (C=O) groups excluding carboxylic acids is 3. The van der Waals surface area contributed by atoms with Gasteiger partial charge in [0.25, 0.3) is 5.91 Å². The lowest BCUT2D eigenvalue weighted by molar-refractivity contribution is -0.153. The van der Waals surface area contributed by atoms with Crippen molar-refractivity contribution >= 4 is 17.8 Å². The highest BCUT2D eigenvalue weighted by Gasteiger charge is 2.24. The van der Waals surface area contributed by atoms with Gasteiger partial charge in [-0.15, -0.1) is 0 Å². The van der Waals surface area contributed by atoms with Crippen molar-refractivity contribution in [2.24, 2.45) is 0 Å². The molecule has 0 saturated carbocycles. The first-order valence-electron chi connectivity index (χ1n) is 18.0. The van der Waals surface area contributed by atoms with Gasteiger partial charge in [0.2, 0.25) is 0 Å². The first kappa shape index (κ1) is 51.6. The predicted molar refractivity (Wildman–Crippen MR) is 216 cm³/mol. The fraction of sp³-hybridized carbons (Fsp3) is 0.523. The van der Waals surface area contributed by atoms with Crippen LogP contribution in [-0.4, -0.2) is 62.0 Å². The molecule has 0 aromatic heterocycles. The van der Waals surface area contributed by atoms with Gasteiger partial charge in [0.15, 0.2) is 29.2 Å². The molecule has 314 valence electrons. The monoisotopic (exact) mass is 790 g/mol. The second-order valence-corrected chi connectivity index (χ2v) is 17.0. The van der Waals surface area contributed by atoms with Crippen LogP contribution < -0.4 is 15.4 Å². The molecule has 0 spiro atoms. The Labute approximate surface area is 332 Å². The molecule has 1 amide bonds. The summed E-state index contributed by atoms with van der Waals surface area (Å²) in [5, 5.41) is 14.3. The zero-order valence-corrected chi connectivity index (χ0v) is 34.9. The van der Waals surface area contributed by atoms with Crippen LogP contribution in [-0.2, 0) is 41.9 Å². The number of aliphatic hydroxyl groups excluding tert-OH is 1. The summed E-state index contributed by atoms with van der Waals surface area (Å²) >= 11 is 0. The summed E-state index contributed by atoms with van der Waals surface area (Å²) in [4.78, 5) is 34.8. The van der Waals surface area contributed by atoms with E-state index in [9.17, 15) is 27.6 Å². The molecule has 0 fully saturated rings. The molecule has 12 heteroatoms. The fourth-order valence-electron chi connectivity index (χ4n) is 4.80. The highest BCUT2D eigenvalue weighted by atomic mass is 19.2. The van der Waals surface area contributed by atoms with Crippen molar-refractivity contribution in [1.29, 1.82) is 0 Å². The van der Waals surface area contributed by atoms with Gasteiger partial charge in [-0.1, -0.05) is 100 Å². The zero-order chi connectivity index (χ0) is 42.5. The molecule has 56 heavy (non-hydrogen) atoms. The Morgan fingerprint density at radius 1 is 0.732 bits per heavy atom. The standard InChI is InChI=1S/C17H25F2NO2.C15H21NO4.C11H15FO.CH4/c1-16(2,3)12-8-7-11(14(18)15(12)19)9-20-10-13(21)22-17(4,5)6;1-15(2,3)11-7-5-10(6-8-11)13(18)16-12(9-17)14(19)20-4;1-11(2,3)8-5-6-10(13-4)9(12)7-8;/h7-8,20H,9-10H2,1-6H3;5-8,12,17H,9H2,1-4H3,(H,16,18);5-7H,1-4H3;1H4. The molecule has 1 atom stereocenters. The molecule has 3 rings (SSSR count). The number of carbonyl (C=O) groups is 3. The Hall–Kier alpha value is -4.42. The summed E-state index contributed by atoms with van der Waals surface area (Å²) in [5.74, 6) is -3.22. The number of nitrogens with one attached hydrogen (secondary N) is 2. The summed E-state index contributed by atoms with van der Waals surface area (Å²) in [7, 11) is 2.67. The van der Waals surface area contributed by atoms with Crippen molar-refractivity contribution in [2.75, 3.05) is 27.4 Å². The predicted octanol–water partition coefficient (Wildman–Crippen LogP) is 8.71. The van der Waals surface area contributed by atoms with Crippen LogP contribution in [0.5, 0.6) is 5.75 Å². The third-order valence-electron chi connectivity index (χ3n) is 7.98. The van der Waals surface area contributed by atoms with Crippen molar-refractivity contribution in [3.05, 3.63) is 99.9 Å². The van der Waals surface area contributed by atoms with Gasteiger partial charge in [-0.2, -0.15) is 0 Å². The van der Waals surface area contributed by atoms with Crippen LogP contribution in [0.4, 0.5) is 13.2 Å². The molecule has 0 aliphatic carbocycles. The van der Waals surface area contributed by atoms with Gasteiger partial charge in [-0.25, -0.2) is 18.0 Å². The van der Waals surface area contributed by atoms with Crippen molar-refractivity contribution in [1.82, 2.24) is 10.6 Å². The number of benzene rings is 3. The van der Waals surface area contributed by atoms with E-state index in [0.29, 0.717) is 16.9 Å². The average Bonchev–Trinajstić information content (AvgIpc) is 3.07. The van der Waals surface area contributed by atoms with E-state index in [1.807, 2.05) is 59.7 Å². The van der Waals surface area contributed by atoms with Crippen LogP contribution >= 0.6 is 0 Å². The zero-order valence-electron chi connectivity index (χ0n) is 34.9. The summed E-state index contributed by atoms with van der Waals surface area (Å²) < 4.78 is 55.8. The lowest BCUT2D eigenvalue weighted by Crippen LogP contribution is -2.44. The molecule has 1 unspecified atom stereocenters. The maximum absolute atomic E-state index is 14.1. The molecule has 0 radical (unpaired) electrons. The van der Waals surface area contributed by atoms with E-state index in [2.05, 4.69) is 36.1 Å². The van der Waals surface area contributed by atoms with Crippen molar-refractivity contribution in [3.8, 4) is 5.75 Å². The van der Waals surface area contributed by atoms with Crippen LogP contribution in [0.15, 0.2) is 54.6 Å². The highest BCUT2D eigenvalue weighted by molar-refractivity contribution is 5.96. The summed E-state index contributed by atoms with van der Waals surface area (Å²) in [6, 6.07) is 14.3. The Balaban J connectivity index is 0.000000828. The normalized spacial score (nSPS) is 12.0. The first-order valence-corrected chi connectivity index (χ1v) is 18.0. The smallest absolute Gasteiger partial charge is 0.330 e. The van der Waals surface area contributed by atoms with E-state index in [1.54, 1.807) is 51.1 Å². The molecule has 9 nitrogen and oxygen atoms in total. The van der Waals surface area contributed by atoms with Gasteiger partial charge in [0, 0.05) is 17.7 Å². The lowest BCUT2D eigenvalue weighted by atomic mass is 9.86. The van der Waals surface area contributed by atoms with Crippen molar-refractivity contribution < 1.29 is 46.9 Å². The SMILES string of the molecule is C.CC(C)(C)OC(=O)CNCc1ccc(C(C)(C)C)c(F)c1F.COC(=O)C(CO)NC(=O)c1ccc(C(C)(C)C)cc1.COc1ccc(C(C)(C)C)cc1F. The molecule has 0 heterocycles. The topological polar surface area (TPSA) is 123 Å². The fourth-order valence-corrected chi connectivity index (χ4v) is 4.80. The van der Waals surface area contributed by atoms with Gasteiger partial charge >= 0.3 is 11.9 Å². The molecular weight excluding hydrogens is 725 g/mol. The Morgan fingerprint density at radius 3 is 1.70 bits per heavy atom. The van der Waals surface area contributed by atoms with E-state index in [0.717, 1.165) is 11.1 Å². The Kier molecular flexibility index (Phi) is 20.0. The average molecular weight is 791 g/mol. The van der Waals surface area contributed by atoms with Crippen LogP contribution in [0, 0.1) is 17.5 Å². The van der Waals surface area contributed by atoms with Gasteiger partial charge < -0.3 is 30.0 Å². The number of hydrogen-bond donors (Lipinski definition) is 3. The van der Waals surface area contributed by atoms with Crippen LogP contribution in [0.3, 0.4) is 0 Å². The number of aliphatic hydroxyl groups is 1. The number of esters is 2. The molecule has 3 aromatic carbocycles. The molecular formula is C44H65F3N2O7. The van der Waals surface area contributed by atoms with E-state index < -0.39 is 53.1 Å². The summed E-state index contributed by atoms with van der Waals surface area (Å²) in [5.41, 5.74) is 2.00. The van der Waals surface area contributed by atoms with E-state index in [-0.39, 0.29) is 42.7 Å². The van der Waals surface area contributed by atoms with Gasteiger partial charge in [0.05, 0.1) is 27.4 Å². The minimum absolute atomic E-state index is 0. The number of hydrogen-bond acceptors (Lipinski definition) is 8. The largest absolute Gasteiger partial charge is 0.494 e. The van der Waals surface area contributed by atoms with Gasteiger partial charge in [-0.05, 0) is 78.0 Å². The second kappa shape index (κ2) is 21.8. The number of rotatable bonds is 9. The van der Waals surface area contributed by atoms with Crippen LogP contribution in [0.25, 0.3) is 0 Å². The van der Waals surface area contributed by atoms with Gasteiger partial charge in [0.1, 0.15) is 5.60 Å². The minimum Gasteiger partial charge on any atom is -0.494 e. The molecule has 0 saturated heterocycles. The van der Waals surface area contributed by atoms with E-state index >= 15 is 0 Å². The molecule has 0 aliphatic heterocycles. The Bertz CT molecular complexity index is 1720. The third-order valence-corrected chi connectivity index (χ3v) is 7.98. The van der Waals surface area contributed by atoms with E-state index in [1.165, 1.54) is 20.3 Å². The molecule has 0 bridgehead atoms. The quantitative estimate of drug-likeness (QED) is 0.184. The van der Waals surface area contributed by atoms with Crippen molar-refractivity contribution in [3.63, 3.8) is 0 Å². The number of amides is 1. The third kappa shape index (κ3) is 17.2. The maximum atomic E-state index is 14.1. The lowest BCUT2D eigenvalue weighted by Gasteiger charge is -2.21. The van der Waals surface area contributed by atoms with Crippen molar-refractivity contribution in [2.45, 2.75) is 125 Å².